The summed E-state index contributed by atoms with van der Waals surface area (Å²) in [7, 11) is 0. The van der Waals surface area contributed by atoms with Gasteiger partial charge < -0.3 is 5.32 Å². The second-order valence-electron chi connectivity index (χ2n) is 2.92. The minimum Gasteiger partial charge on any atom is -0.316 e. The van der Waals surface area contributed by atoms with Crippen LogP contribution in [0.3, 0.4) is 0 Å². The van der Waals surface area contributed by atoms with E-state index in [2.05, 4.69) is 15.3 Å². The number of aromatic nitrogens is 2. The molecule has 1 atom stereocenters. The molecule has 3 nitrogen and oxygen atoms in total. The Labute approximate surface area is 80.2 Å². The normalized spacial score (nSPS) is 22.1. The molecule has 1 N–H and O–H groups in total. The molecule has 1 aliphatic heterocycles. The van der Waals surface area contributed by atoms with E-state index >= 15 is 0 Å². The van der Waals surface area contributed by atoms with Gasteiger partial charge in [0.15, 0.2) is 11.0 Å². The fraction of sp³-hybridized carbons (Fsp3) is 0.500. The van der Waals surface area contributed by atoms with Crippen molar-refractivity contribution in [3.05, 3.63) is 18.2 Å². The predicted molar refractivity (Wildman–Crippen MR) is 49.1 cm³/mol. The van der Waals surface area contributed by atoms with E-state index in [1.165, 1.54) is 12.4 Å². The summed E-state index contributed by atoms with van der Waals surface area (Å²) in [6.45, 7) is 2.05. The third-order valence-electron chi connectivity index (χ3n) is 1.88. The molecular weight excluding hydrogens is 189 g/mol. The van der Waals surface area contributed by atoms with Crippen molar-refractivity contribution in [3.63, 3.8) is 0 Å². The van der Waals surface area contributed by atoms with Crippen molar-refractivity contribution in [2.45, 2.75) is 16.8 Å². The van der Waals surface area contributed by atoms with Gasteiger partial charge >= 0.3 is 0 Å². The van der Waals surface area contributed by atoms with Crippen LogP contribution in [0.4, 0.5) is 4.39 Å². The van der Waals surface area contributed by atoms with E-state index in [0.29, 0.717) is 10.4 Å². The van der Waals surface area contributed by atoms with E-state index in [1.807, 2.05) is 0 Å². The molecule has 1 aromatic rings. The van der Waals surface area contributed by atoms with Crippen molar-refractivity contribution < 1.29 is 4.39 Å². The summed E-state index contributed by atoms with van der Waals surface area (Å²) < 4.78 is 12.5. The summed E-state index contributed by atoms with van der Waals surface area (Å²) >= 11 is 1.61. The molecule has 0 aromatic carbocycles. The molecule has 0 radical (unpaired) electrons. The molecule has 1 saturated heterocycles. The van der Waals surface area contributed by atoms with E-state index < -0.39 is 0 Å². The van der Waals surface area contributed by atoms with Crippen LogP contribution in [0.5, 0.6) is 0 Å². The first-order valence-corrected chi connectivity index (χ1v) is 5.07. The van der Waals surface area contributed by atoms with Crippen molar-refractivity contribution in [2.75, 3.05) is 13.1 Å². The molecule has 1 aromatic heterocycles. The van der Waals surface area contributed by atoms with E-state index in [-0.39, 0.29) is 5.82 Å². The molecule has 5 heteroatoms. The summed E-state index contributed by atoms with van der Waals surface area (Å²) in [6.07, 6.45) is 3.54. The first kappa shape index (κ1) is 8.90. The van der Waals surface area contributed by atoms with Crippen molar-refractivity contribution in [3.8, 4) is 0 Å². The van der Waals surface area contributed by atoms with Crippen molar-refractivity contribution in [1.82, 2.24) is 15.3 Å². The minimum atomic E-state index is -0.381. The molecule has 1 aliphatic rings. The van der Waals surface area contributed by atoms with E-state index in [9.17, 15) is 4.39 Å². The number of nitrogens with one attached hydrogen (secondary N) is 1. The van der Waals surface area contributed by atoms with E-state index in [0.717, 1.165) is 19.5 Å². The molecule has 0 aliphatic carbocycles. The maximum absolute atomic E-state index is 12.5. The van der Waals surface area contributed by atoms with E-state index in [4.69, 9.17) is 0 Å². The average Bonchev–Trinajstić information content (AvgIpc) is 2.62. The molecule has 0 bridgehead atoms. The van der Waals surface area contributed by atoms with Crippen LogP contribution in [-0.2, 0) is 0 Å². The van der Waals surface area contributed by atoms with Gasteiger partial charge in [-0.25, -0.2) is 14.4 Å². The topological polar surface area (TPSA) is 37.8 Å². The summed E-state index contributed by atoms with van der Waals surface area (Å²) in [4.78, 5) is 7.78. The number of thioether (sulfide) groups is 1. The highest BCUT2D eigenvalue weighted by Gasteiger charge is 2.16. The summed E-state index contributed by atoms with van der Waals surface area (Å²) in [6, 6.07) is 0. The van der Waals surface area contributed by atoms with E-state index in [1.54, 1.807) is 11.8 Å². The highest BCUT2D eigenvalue weighted by Crippen LogP contribution is 2.23. The van der Waals surface area contributed by atoms with Gasteiger partial charge in [-0.15, -0.1) is 0 Å². The SMILES string of the molecule is Fc1cnc(S[C@H]2CCNC2)nc1. The number of halogens is 1. The number of hydrogen-bond donors (Lipinski definition) is 1. The minimum absolute atomic E-state index is 0.381. The van der Waals surface area contributed by atoms with Gasteiger partial charge in [0.05, 0.1) is 12.4 Å². The first-order chi connectivity index (χ1) is 6.34. The maximum atomic E-state index is 12.5. The third kappa shape index (κ3) is 2.38. The molecule has 0 spiro atoms. The first-order valence-electron chi connectivity index (χ1n) is 4.19. The largest absolute Gasteiger partial charge is 0.316 e. The van der Waals surface area contributed by atoms with Gasteiger partial charge in [-0.3, -0.25) is 0 Å². The molecule has 0 amide bonds. The van der Waals surface area contributed by atoms with Crippen LogP contribution in [0.1, 0.15) is 6.42 Å². The van der Waals surface area contributed by atoms with Gasteiger partial charge in [-0.05, 0) is 13.0 Å². The third-order valence-corrected chi connectivity index (χ3v) is 3.04. The Kier molecular flexibility index (Phi) is 2.75. The monoisotopic (exact) mass is 199 g/mol. The van der Waals surface area contributed by atoms with Crippen LogP contribution in [0.25, 0.3) is 0 Å². The second kappa shape index (κ2) is 4.02. The van der Waals surface area contributed by atoms with Gasteiger partial charge in [0.1, 0.15) is 0 Å². The van der Waals surface area contributed by atoms with Gasteiger partial charge in [0.2, 0.25) is 0 Å². The fourth-order valence-electron chi connectivity index (χ4n) is 1.24. The average molecular weight is 199 g/mol. The Balaban J connectivity index is 1.97. The Morgan fingerprint density at radius 1 is 1.46 bits per heavy atom. The molecular formula is C8H10FN3S. The van der Waals surface area contributed by atoms with Crippen LogP contribution in [-0.4, -0.2) is 28.3 Å². The standard InChI is InChI=1S/C8H10FN3S/c9-6-3-11-8(12-4-6)13-7-1-2-10-5-7/h3-4,7,10H,1-2,5H2/t7-/m0/s1. The fourth-order valence-corrected chi connectivity index (χ4v) is 2.20. The van der Waals surface area contributed by atoms with Crippen molar-refractivity contribution in [2.24, 2.45) is 0 Å². The van der Waals surface area contributed by atoms with Crippen LogP contribution in [0.15, 0.2) is 17.6 Å². The molecule has 0 saturated carbocycles. The lowest BCUT2D eigenvalue weighted by molar-refractivity contribution is 0.605. The summed E-state index contributed by atoms with van der Waals surface area (Å²) in [5.41, 5.74) is 0. The molecule has 70 valence electrons. The van der Waals surface area contributed by atoms with Gasteiger partial charge in [-0.1, -0.05) is 11.8 Å². The van der Waals surface area contributed by atoms with Crippen LogP contribution in [0, 0.1) is 5.82 Å². The quantitative estimate of drug-likeness (QED) is 0.723. The Hall–Kier alpha value is -0.680. The zero-order valence-electron chi connectivity index (χ0n) is 7.03. The highest BCUT2D eigenvalue weighted by atomic mass is 32.2. The zero-order chi connectivity index (χ0) is 9.10. The molecule has 2 heterocycles. The number of nitrogens with zero attached hydrogens (tertiary/aromatic N) is 2. The van der Waals surface area contributed by atoms with Crippen LogP contribution >= 0.6 is 11.8 Å². The predicted octanol–water partition coefficient (Wildman–Crippen LogP) is 1.07. The number of rotatable bonds is 2. The Bertz CT molecular complexity index is 271. The lowest BCUT2D eigenvalue weighted by Gasteiger charge is -2.04. The van der Waals surface area contributed by atoms with Crippen LogP contribution in [0.2, 0.25) is 0 Å². The van der Waals surface area contributed by atoms with Crippen molar-refractivity contribution in [1.29, 1.82) is 0 Å². The maximum Gasteiger partial charge on any atom is 0.187 e. The summed E-state index contributed by atoms with van der Waals surface area (Å²) in [5.74, 6) is -0.381. The molecule has 13 heavy (non-hydrogen) atoms. The Morgan fingerprint density at radius 2 is 2.23 bits per heavy atom. The highest BCUT2D eigenvalue weighted by molar-refractivity contribution is 7.99. The summed E-state index contributed by atoms with van der Waals surface area (Å²) in [5, 5.41) is 4.45. The Morgan fingerprint density at radius 3 is 2.85 bits per heavy atom. The van der Waals surface area contributed by atoms with Gasteiger partial charge in [0.25, 0.3) is 0 Å². The lowest BCUT2D eigenvalue weighted by Crippen LogP contribution is -2.10. The lowest BCUT2D eigenvalue weighted by atomic mass is 10.4. The van der Waals surface area contributed by atoms with Gasteiger partial charge in [0, 0.05) is 11.8 Å². The van der Waals surface area contributed by atoms with Crippen LogP contribution < -0.4 is 5.32 Å². The molecule has 0 unspecified atom stereocenters. The number of hydrogen-bond acceptors (Lipinski definition) is 4. The van der Waals surface area contributed by atoms with Gasteiger partial charge in [-0.2, -0.15) is 0 Å². The molecule has 1 fully saturated rings. The smallest absolute Gasteiger partial charge is 0.187 e. The zero-order valence-corrected chi connectivity index (χ0v) is 7.85. The second-order valence-corrected chi connectivity index (χ2v) is 4.18. The van der Waals surface area contributed by atoms with Crippen molar-refractivity contribution >= 4 is 11.8 Å². The molecule has 2 rings (SSSR count).